The molecule has 7 heteroatoms. The highest BCUT2D eigenvalue weighted by Crippen LogP contribution is 2.45. The molecule has 4 rings (SSSR count). The van der Waals surface area contributed by atoms with Gasteiger partial charge in [-0.15, -0.1) is 0 Å². The number of nitrogens with one attached hydrogen (secondary N) is 1. The van der Waals surface area contributed by atoms with E-state index < -0.39 is 11.5 Å². The molecule has 116 valence electrons. The van der Waals surface area contributed by atoms with Gasteiger partial charge >= 0.3 is 5.92 Å². The van der Waals surface area contributed by atoms with Gasteiger partial charge in [-0.25, -0.2) is 4.98 Å². The summed E-state index contributed by atoms with van der Waals surface area (Å²) >= 11 is 0. The van der Waals surface area contributed by atoms with Crippen molar-refractivity contribution in [1.29, 1.82) is 0 Å². The van der Waals surface area contributed by atoms with Crippen molar-refractivity contribution < 1.29 is 8.78 Å². The molecular formula is C16H13F2N5. The van der Waals surface area contributed by atoms with Crippen molar-refractivity contribution in [2.75, 3.05) is 0 Å². The molecule has 0 bridgehead atoms. The van der Waals surface area contributed by atoms with Gasteiger partial charge < -0.3 is 0 Å². The predicted molar refractivity (Wildman–Crippen MR) is 81.7 cm³/mol. The van der Waals surface area contributed by atoms with E-state index in [1.807, 2.05) is 24.3 Å². The molecule has 0 spiro atoms. The largest absolute Gasteiger partial charge is 0.313 e. The van der Waals surface area contributed by atoms with Crippen molar-refractivity contribution in [3.8, 4) is 0 Å². The Labute approximate surface area is 130 Å². The lowest BCUT2D eigenvalue weighted by molar-refractivity contribution is -0.0720. The van der Waals surface area contributed by atoms with E-state index in [1.165, 1.54) is 20.0 Å². The minimum Gasteiger partial charge on any atom is -0.276 e. The molecular weight excluding hydrogens is 300 g/mol. The average Bonchev–Trinajstić information content (AvgIpc) is 3.01. The van der Waals surface area contributed by atoms with Crippen LogP contribution in [0.25, 0.3) is 11.0 Å². The maximum atomic E-state index is 14.5. The monoisotopic (exact) mass is 313 g/mol. The van der Waals surface area contributed by atoms with Gasteiger partial charge in [-0.2, -0.15) is 13.9 Å². The van der Waals surface area contributed by atoms with Crippen LogP contribution in [0.1, 0.15) is 30.8 Å². The Hall–Kier alpha value is -2.70. The molecule has 0 unspecified atom stereocenters. The van der Waals surface area contributed by atoms with Gasteiger partial charge in [0.1, 0.15) is 16.9 Å². The maximum Gasteiger partial charge on any atom is 0.313 e. The molecule has 0 amide bonds. The number of hydrogen-bond donors (Lipinski definition) is 1. The molecule has 0 aliphatic carbocycles. The molecule has 23 heavy (non-hydrogen) atoms. The topological polar surface area (TPSA) is 66.8 Å². The SMILES string of the molecule is CC1(C)N=C(c2cnc3ccccc3n2)c2cn[nH]c2C1(F)F. The second-order valence-corrected chi connectivity index (χ2v) is 6.00. The van der Waals surface area contributed by atoms with Crippen LogP contribution in [-0.2, 0) is 5.92 Å². The Balaban J connectivity index is 1.95. The van der Waals surface area contributed by atoms with Gasteiger partial charge in [0.25, 0.3) is 0 Å². The van der Waals surface area contributed by atoms with Crippen LogP contribution in [0.4, 0.5) is 8.78 Å². The lowest BCUT2D eigenvalue weighted by Gasteiger charge is -2.34. The van der Waals surface area contributed by atoms with Gasteiger partial charge in [0, 0.05) is 5.56 Å². The fourth-order valence-corrected chi connectivity index (χ4v) is 2.69. The molecule has 5 nitrogen and oxygen atoms in total. The predicted octanol–water partition coefficient (Wildman–Crippen LogP) is 3.07. The highest BCUT2D eigenvalue weighted by atomic mass is 19.3. The molecule has 1 N–H and O–H groups in total. The van der Waals surface area contributed by atoms with Crippen LogP contribution < -0.4 is 0 Å². The number of hydrogen-bond acceptors (Lipinski definition) is 4. The van der Waals surface area contributed by atoms with E-state index in [2.05, 4.69) is 25.2 Å². The first-order valence-electron chi connectivity index (χ1n) is 7.14. The molecule has 0 fully saturated rings. The Kier molecular flexibility index (Phi) is 2.67. The summed E-state index contributed by atoms with van der Waals surface area (Å²) in [5, 5.41) is 6.18. The van der Waals surface area contributed by atoms with E-state index in [1.54, 1.807) is 6.20 Å². The number of halogens is 2. The van der Waals surface area contributed by atoms with Crippen LogP contribution in [-0.4, -0.2) is 31.4 Å². The van der Waals surface area contributed by atoms with Crippen LogP contribution in [0.2, 0.25) is 0 Å². The highest BCUT2D eigenvalue weighted by Gasteiger charge is 2.54. The third kappa shape index (κ3) is 1.89. The zero-order valence-electron chi connectivity index (χ0n) is 12.5. The Morgan fingerprint density at radius 2 is 1.78 bits per heavy atom. The minimum absolute atomic E-state index is 0.234. The molecule has 3 aromatic rings. The van der Waals surface area contributed by atoms with Crippen molar-refractivity contribution >= 4 is 16.7 Å². The van der Waals surface area contributed by atoms with Crippen LogP contribution in [0.5, 0.6) is 0 Å². The van der Waals surface area contributed by atoms with Crippen molar-refractivity contribution in [3.63, 3.8) is 0 Å². The minimum atomic E-state index is -3.13. The van der Waals surface area contributed by atoms with Crippen LogP contribution in [0.15, 0.2) is 41.7 Å². The highest BCUT2D eigenvalue weighted by molar-refractivity contribution is 6.13. The number of aromatic amines is 1. The van der Waals surface area contributed by atoms with E-state index >= 15 is 0 Å². The van der Waals surface area contributed by atoms with Gasteiger partial charge in [0.2, 0.25) is 0 Å². The average molecular weight is 313 g/mol. The first-order chi connectivity index (χ1) is 10.9. The first kappa shape index (κ1) is 13.9. The molecule has 0 atom stereocenters. The van der Waals surface area contributed by atoms with E-state index in [0.717, 1.165) is 5.52 Å². The Morgan fingerprint density at radius 1 is 1.04 bits per heavy atom. The third-order valence-corrected chi connectivity index (χ3v) is 4.06. The number of aromatic nitrogens is 4. The fourth-order valence-electron chi connectivity index (χ4n) is 2.69. The van der Waals surface area contributed by atoms with Gasteiger partial charge in [-0.3, -0.25) is 15.1 Å². The number of alkyl halides is 2. The molecule has 1 aromatic carbocycles. The summed E-state index contributed by atoms with van der Waals surface area (Å²) in [6, 6.07) is 7.39. The molecule has 0 saturated heterocycles. The molecule has 0 radical (unpaired) electrons. The van der Waals surface area contributed by atoms with Crippen LogP contribution in [0.3, 0.4) is 0 Å². The maximum absolute atomic E-state index is 14.5. The quantitative estimate of drug-likeness (QED) is 0.751. The summed E-state index contributed by atoms with van der Waals surface area (Å²) in [5.41, 5.74) is 0.687. The summed E-state index contributed by atoms with van der Waals surface area (Å²) < 4.78 is 29.1. The van der Waals surface area contributed by atoms with Gasteiger partial charge in [-0.1, -0.05) is 12.1 Å². The number of nitrogens with zero attached hydrogens (tertiary/aromatic N) is 4. The summed E-state index contributed by atoms with van der Waals surface area (Å²) in [6.07, 6.45) is 2.91. The van der Waals surface area contributed by atoms with E-state index in [-0.39, 0.29) is 11.3 Å². The van der Waals surface area contributed by atoms with E-state index in [9.17, 15) is 8.78 Å². The zero-order chi connectivity index (χ0) is 16.2. The van der Waals surface area contributed by atoms with E-state index in [4.69, 9.17) is 0 Å². The first-order valence-corrected chi connectivity index (χ1v) is 7.14. The molecule has 2 aromatic heterocycles. The van der Waals surface area contributed by atoms with Gasteiger partial charge in [-0.05, 0) is 26.0 Å². The number of aliphatic imine (C=N–C) groups is 1. The van der Waals surface area contributed by atoms with Crippen LogP contribution in [0, 0.1) is 0 Å². The summed E-state index contributed by atoms with van der Waals surface area (Å²) in [4.78, 5) is 13.1. The Bertz CT molecular complexity index is 942. The lowest BCUT2D eigenvalue weighted by atomic mass is 9.87. The molecule has 0 saturated carbocycles. The standard InChI is InChI=1S/C16H13F2N5/c1-15(2)16(17,18)14-9(7-20-23-14)13(22-15)12-8-19-10-5-3-4-6-11(10)21-12/h3-8H,1-2H3,(H,20,23). The number of benzene rings is 1. The summed E-state index contributed by atoms with van der Waals surface area (Å²) in [5.74, 6) is -3.13. The normalized spacial score (nSPS) is 18.5. The number of rotatable bonds is 1. The smallest absolute Gasteiger partial charge is 0.276 e. The molecule has 1 aliphatic rings. The van der Waals surface area contributed by atoms with Crippen molar-refractivity contribution in [1.82, 2.24) is 20.2 Å². The van der Waals surface area contributed by atoms with Crippen molar-refractivity contribution in [2.45, 2.75) is 25.3 Å². The summed E-state index contributed by atoms with van der Waals surface area (Å²) in [6.45, 7) is 2.79. The van der Waals surface area contributed by atoms with Crippen molar-refractivity contribution in [2.24, 2.45) is 4.99 Å². The lowest BCUT2D eigenvalue weighted by Crippen LogP contribution is -2.44. The zero-order valence-corrected chi connectivity index (χ0v) is 12.5. The molecule has 1 aliphatic heterocycles. The number of H-pyrrole nitrogens is 1. The second-order valence-electron chi connectivity index (χ2n) is 6.00. The fraction of sp³-hybridized carbons (Fsp3) is 0.250. The van der Waals surface area contributed by atoms with Crippen molar-refractivity contribution in [3.05, 3.63) is 53.6 Å². The third-order valence-electron chi connectivity index (χ3n) is 4.06. The number of fused-ring (bicyclic) bond motifs is 2. The van der Waals surface area contributed by atoms with Gasteiger partial charge in [0.15, 0.2) is 0 Å². The second kappa shape index (κ2) is 4.41. The Morgan fingerprint density at radius 3 is 2.57 bits per heavy atom. The molecule has 3 heterocycles. The number of para-hydroxylation sites is 2. The van der Waals surface area contributed by atoms with Gasteiger partial charge in [0.05, 0.1) is 29.1 Å². The van der Waals surface area contributed by atoms with E-state index in [0.29, 0.717) is 16.9 Å². The van der Waals surface area contributed by atoms with Crippen LogP contribution >= 0.6 is 0 Å². The summed E-state index contributed by atoms with van der Waals surface area (Å²) in [7, 11) is 0.